The van der Waals surface area contributed by atoms with Crippen LogP contribution in [-0.2, 0) is 14.2 Å². The van der Waals surface area contributed by atoms with Crippen LogP contribution >= 0.6 is 7.60 Å². The van der Waals surface area contributed by atoms with Crippen LogP contribution in [0.25, 0.3) is 0 Å². The molecule has 35 heavy (non-hydrogen) atoms. The van der Waals surface area contributed by atoms with Gasteiger partial charge in [-0.1, -0.05) is 18.2 Å². The minimum atomic E-state index is -4.37. The van der Waals surface area contributed by atoms with E-state index in [4.69, 9.17) is 0 Å². The molecule has 6 N–H and O–H groups in total. The lowest BCUT2D eigenvalue weighted by atomic mass is 10.1. The molecule has 14 heteroatoms. The summed E-state index contributed by atoms with van der Waals surface area (Å²) in [5.41, 5.74) is 0.358. The second kappa shape index (κ2) is 13.9. The van der Waals surface area contributed by atoms with Crippen LogP contribution in [0.5, 0.6) is 5.75 Å². The zero-order chi connectivity index (χ0) is 26.0. The summed E-state index contributed by atoms with van der Waals surface area (Å²) in [6, 6.07) is 6.42. The van der Waals surface area contributed by atoms with E-state index in [1.807, 2.05) is 4.90 Å². The average Bonchev–Trinajstić information content (AvgIpc) is 2.74. The SMILES string of the molecule is O=C(O)CN1CCN(CC(O)c2ccccc2O)CCN(CC(=O)O)CCN(CP(=O)(O)O)CC1. The Bertz CT molecular complexity index is 852. The zero-order valence-electron chi connectivity index (χ0n) is 19.5. The standard InChI is InChI=1S/C21H35N4O9P/c26-18-4-2-1-3-17(18)19(27)13-22-5-7-23(14-20(28)29)9-11-25(16-35(32,33)34)12-10-24(8-6-22)15-21(30)31/h1-4,19,26-27H,5-16H2,(H,28,29)(H,30,31)(H2,32,33,34). The molecular formula is C21H35N4O9P. The van der Waals surface area contributed by atoms with Crippen molar-refractivity contribution in [3.63, 3.8) is 0 Å². The van der Waals surface area contributed by atoms with Gasteiger partial charge in [0.15, 0.2) is 0 Å². The van der Waals surface area contributed by atoms with Gasteiger partial charge in [-0.15, -0.1) is 0 Å². The summed E-state index contributed by atoms with van der Waals surface area (Å²) in [6.45, 7) is 1.82. The first-order valence-electron chi connectivity index (χ1n) is 11.3. The van der Waals surface area contributed by atoms with Gasteiger partial charge in [0.05, 0.1) is 19.2 Å². The molecule has 0 aromatic heterocycles. The summed E-state index contributed by atoms with van der Waals surface area (Å²) >= 11 is 0. The highest BCUT2D eigenvalue weighted by atomic mass is 31.2. The maximum absolute atomic E-state index is 11.6. The van der Waals surface area contributed by atoms with Crippen LogP contribution in [0, 0.1) is 0 Å². The minimum Gasteiger partial charge on any atom is -0.508 e. The van der Waals surface area contributed by atoms with Crippen molar-refractivity contribution >= 4 is 19.5 Å². The second-order valence-corrected chi connectivity index (χ2v) is 10.3. The molecular weight excluding hydrogens is 483 g/mol. The van der Waals surface area contributed by atoms with Gasteiger partial charge in [-0.3, -0.25) is 33.8 Å². The molecule has 0 bridgehead atoms. The quantitative estimate of drug-likeness (QED) is 0.218. The molecule has 1 aromatic carbocycles. The summed E-state index contributed by atoms with van der Waals surface area (Å²) in [7, 11) is -4.37. The zero-order valence-corrected chi connectivity index (χ0v) is 20.4. The monoisotopic (exact) mass is 518 g/mol. The number of phenolic OH excluding ortho intramolecular Hbond substituents is 1. The number of phenols is 1. The van der Waals surface area contributed by atoms with Crippen LogP contribution in [-0.4, -0.2) is 140 Å². The molecule has 1 aliphatic rings. The number of benzene rings is 1. The summed E-state index contributed by atoms with van der Waals surface area (Å²) in [6.07, 6.45) is -1.52. The number of carboxylic acids is 2. The molecule has 0 aliphatic carbocycles. The first-order valence-corrected chi connectivity index (χ1v) is 13.1. The van der Waals surface area contributed by atoms with Gasteiger partial charge in [-0.05, 0) is 6.07 Å². The third kappa shape index (κ3) is 11.5. The van der Waals surface area contributed by atoms with Gasteiger partial charge in [0, 0.05) is 64.5 Å². The number of hydrogen-bond donors (Lipinski definition) is 6. The Morgan fingerprint density at radius 1 is 0.800 bits per heavy atom. The fourth-order valence-electron chi connectivity index (χ4n) is 3.97. The number of carbonyl (C=O) groups is 2. The smallest absolute Gasteiger partial charge is 0.339 e. The molecule has 1 fully saturated rings. The van der Waals surface area contributed by atoms with Crippen LogP contribution in [0.1, 0.15) is 11.7 Å². The van der Waals surface area contributed by atoms with Crippen molar-refractivity contribution in [3.05, 3.63) is 29.8 Å². The molecule has 198 valence electrons. The molecule has 1 atom stereocenters. The maximum atomic E-state index is 11.6. The van der Waals surface area contributed by atoms with Gasteiger partial charge in [0.1, 0.15) is 12.0 Å². The number of nitrogens with zero attached hydrogens (tertiary/aromatic N) is 4. The highest BCUT2D eigenvalue weighted by Gasteiger charge is 2.24. The summed E-state index contributed by atoms with van der Waals surface area (Å²) in [4.78, 5) is 48.3. The van der Waals surface area contributed by atoms with Crippen LogP contribution in [0.3, 0.4) is 0 Å². The van der Waals surface area contributed by atoms with E-state index in [2.05, 4.69) is 0 Å². The van der Waals surface area contributed by atoms with E-state index in [1.165, 1.54) is 11.0 Å². The van der Waals surface area contributed by atoms with Gasteiger partial charge >= 0.3 is 19.5 Å². The van der Waals surface area contributed by atoms with Crippen molar-refractivity contribution < 1.29 is 44.4 Å². The van der Waals surface area contributed by atoms with Crippen molar-refractivity contribution in [2.45, 2.75) is 6.10 Å². The van der Waals surface area contributed by atoms with Gasteiger partial charge in [0.2, 0.25) is 0 Å². The van der Waals surface area contributed by atoms with E-state index in [-0.39, 0.29) is 51.6 Å². The molecule has 1 heterocycles. The van der Waals surface area contributed by atoms with Crippen LogP contribution in [0.2, 0.25) is 0 Å². The molecule has 0 radical (unpaired) electrons. The van der Waals surface area contributed by atoms with E-state index >= 15 is 0 Å². The predicted octanol–water partition coefficient (Wildman–Crippen LogP) is -1.05. The average molecular weight is 519 g/mol. The third-order valence-electron chi connectivity index (χ3n) is 5.76. The van der Waals surface area contributed by atoms with Crippen LogP contribution in [0.4, 0.5) is 0 Å². The lowest BCUT2D eigenvalue weighted by molar-refractivity contribution is -0.139. The molecule has 1 aliphatic heterocycles. The van der Waals surface area contributed by atoms with E-state index in [0.717, 1.165) is 0 Å². The molecule has 0 saturated carbocycles. The molecule has 1 saturated heterocycles. The van der Waals surface area contributed by atoms with Gasteiger partial charge < -0.3 is 30.2 Å². The van der Waals surface area contributed by atoms with Gasteiger partial charge in [-0.2, -0.15) is 0 Å². The minimum absolute atomic E-state index is 0.0421. The fraction of sp³-hybridized carbons (Fsp3) is 0.619. The molecule has 0 spiro atoms. The Hall–Kier alpha value is -2.09. The number of aliphatic hydroxyl groups excluding tert-OH is 1. The van der Waals surface area contributed by atoms with Crippen LogP contribution < -0.4 is 0 Å². The predicted molar refractivity (Wildman–Crippen MR) is 126 cm³/mol. The number of β-amino-alcohol motifs (C(OH)–C–C–N with tert-alkyl or cyclic N) is 1. The molecule has 2 rings (SSSR count). The Labute approximate surface area is 203 Å². The number of aliphatic hydroxyl groups is 1. The topological polar surface area (TPSA) is 186 Å². The number of para-hydroxylation sites is 1. The molecule has 0 amide bonds. The normalized spacial score (nSPS) is 19.5. The van der Waals surface area contributed by atoms with E-state index < -0.39 is 31.9 Å². The van der Waals surface area contributed by atoms with Gasteiger partial charge in [0.25, 0.3) is 0 Å². The van der Waals surface area contributed by atoms with Crippen LogP contribution in [0.15, 0.2) is 24.3 Å². The summed E-state index contributed by atoms with van der Waals surface area (Å²) in [5.74, 6) is -2.11. The molecule has 13 nitrogen and oxygen atoms in total. The first-order chi connectivity index (χ1) is 16.4. The summed E-state index contributed by atoms with van der Waals surface area (Å²) in [5, 5.41) is 39.4. The summed E-state index contributed by atoms with van der Waals surface area (Å²) < 4.78 is 11.6. The van der Waals surface area contributed by atoms with Crippen molar-refractivity contribution in [2.75, 3.05) is 78.3 Å². The Balaban J connectivity index is 2.19. The van der Waals surface area contributed by atoms with Crippen molar-refractivity contribution in [1.29, 1.82) is 0 Å². The first kappa shape index (κ1) is 29.1. The lowest BCUT2D eigenvalue weighted by Crippen LogP contribution is -2.48. The third-order valence-corrected chi connectivity index (χ3v) is 6.53. The van der Waals surface area contributed by atoms with Gasteiger partial charge in [-0.25, -0.2) is 0 Å². The Kier molecular flexibility index (Phi) is 11.5. The number of aliphatic carboxylic acids is 2. The highest BCUT2D eigenvalue weighted by Crippen LogP contribution is 2.35. The van der Waals surface area contributed by atoms with Crippen molar-refractivity contribution in [3.8, 4) is 5.75 Å². The number of carboxylic acid groups (broad SMARTS) is 2. The number of rotatable bonds is 9. The Morgan fingerprint density at radius 3 is 1.66 bits per heavy atom. The number of hydrogen-bond acceptors (Lipinski definition) is 9. The largest absolute Gasteiger partial charge is 0.508 e. The molecule has 1 unspecified atom stereocenters. The van der Waals surface area contributed by atoms with E-state index in [9.17, 15) is 44.4 Å². The van der Waals surface area contributed by atoms with E-state index in [0.29, 0.717) is 31.7 Å². The van der Waals surface area contributed by atoms with Crippen molar-refractivity contribution in [1.82, 2.24) is 19.6 Å². The fourth-order valence-corrected chi connectivity index (χ4v) is 4.78. The lowest BCUT2D eigenvalue weighted by Gasteiger charge is -2.34. The van der Waals surface area contributed by atoms with Crippen molar-refractivity contribution in [2.24, 2.45) is 0 Å². The Morgan fingerprint density at radius 2 is 1.23 bits per heavy atom. The maximum Gasteiger partial charge on any atom is 0.339 e. The number of aromatic hydroxyl groups is 1. The highest BCUT2D eigenvalue weighted by molar-refractivity contribution is 7.51. The second-order valence-electron chi connectivity index (χ2n) is 8.64. The van der Waals surface area contributed by atoms with E-state index in [1.54, 1.807) is 28.0 Å². The molecule has 1 aromatic rings.